The van der Waals surface area contributed by atoms with Crippen molar-refractivity contribution in [2.75, 3.05) is 26.2 Å². The van der Waals surface area contributed by atoms with Gasteiger partial charge in [-0.2, -0.15) is 0 Å². The van der Waals surface area contributed by atoms with Crippen LogP contribution in [0.5, 0.6) is 0 Å². The minimum atomic E-state index is -0.403. The van der Waals surface area contributed by atoms with Crippen LogP contribution < -0.4 is 16.4 Å². The van der Waals surface area contributed by atoms with E-state index in [-0.39, 0.29) is 12.5 Å². The standard InChI is InChI=1S/C13H26N4O2/c1-10(2)17-7-3-4-11(9-17)8-16-13(19)15-6-5-12(14)18/h10-11H,3-9H2,1-2H3,(H2,14,18)(H2,15,16,19). The molecular formula is C13H26N4O2. The van der Waals surface area contributed by atoms with Gasteiger partial charge in [-0.05, 0) is 39.2 Å². The summed E-state index contributed by atoms with van der Waals surface area (Å²) in [5.41, 5.74) is 5.00. The maximum absolute atomic E-state index is 11.5. The number of piperidine rings is 1. The highest BCUT2D eigenvalue weighted by molar-refractivity contribution is 5.76. The van der Waals surface area contributed by atoms with Crippen LogP contribution in [0.1, 0.15) is 33.1 Å². The van der Waals surface area contributed by atoms with E-state index in [1.54, 1.807) is 0 Å². The van der Waals surface area contributed by atoms with E-state index in [1.807, 2.05) is 0 Å². The van der Waals surface area contributed by atoms with Crippen molar-refractivity contribution in [3.05, 3.63) is 0 Å². The van der Waals surface area contributed by atoms with Crippen molar-refractivity contribution in [3.8, 4) is 0 Å². The number of amides is 3. The van der Waals surface area contributed by atoms with Gasteiger partial charge in [-0.15, -0.1) is 0 Å². The molecule has 1 fully saturated rings. The molecular weight excluding hydrogens is 244 g/mol. The lowest BCUT2D eigenvalue weighted by molar-refractivity contribution is -0.117. The summed E-state index contributed by atoms with van der Waals surface area (Å²) >= 11 is 0. The molecule has 0 saturated carbocycles. The number of carbonyl (C=O) groups excluding carboxylic acids is 2. The number of likely N-dealkylation sites (tertiary alicyclic amines) is 1. The van der Waals surface area contributed by atoms with Gasteiger partial charge in [0, 0.05) is 32.1 Å². The van der Waals surface area contributed by atoms with Gasteiger partial charge in [0.05, 0.1) is 0 Å². The van der Waals surface area contributed by atoms with Crippen LogP contribution in [0.2, 0.25) is 0 Å². The molecule has 19 heavy (non-hydrogen) atoms. The largest absolute Gasteiger partial charge is 0.370 e. The van der Waals surface area contributed by atoms with Crippen molar-refractivity contribution in [2.45, 2.75) is 39.2 Å². The van der Waals surface area contributed by atoms with Crippen LogP contribution in [0, 0.1) is 5.92 Å². The molecule has 1 unspecified atom stereocenters. The molecule has 6 heteroatoms. The van der Waals surface area contributed by atoms with Gasteiger partial charge in [-0.3, -0.25) is 4.79 Å². The molecule has 4 N–H and O–H groups in total. The topological polar surface area (TPSA) is 87.5 Å². The third-order valence-electron chi connectivity index (χ3n) is 3.49. The Hall–Kier alpha value is -1.30. The smallest absolute Gasteiger partial charge is 0.314 e. The van der Waals surface area contributed by atoms with E-state index in [9.17, 15) is 9.59 Å². The minimum absolute atomic E-state index is 0.179. The lowest BCUT2D eigenvalue weighted by atomic mass is 9.97. The Balaban J connectivity index is 2.17. The first kappa shape index (κ1) is 15.8. The van der Waals surface area contributed by atoms with Gasteiger partial charge in [0.25, 0.3) is 0 Å². The lowest BCUT2D eigenvalue weighted by Crippen LogP contribution is -2.45. The van der Waals surface area contributed by atoms with E-state index in [2.05, 4.69) is 29.4 Å². The second kappa shape index (κ2) is 7.99. The maximum atomic E-state index is 11.5. The summed E-state index contributed by atoms with van der Waals surface area (Å²) in [6, 6.07) is 0.343. The summed E-state index contributed by atoms with van der Waals surface area (Å²) in [4.78, 5) is 24.5. The number of urea groups is 1. The first-order valence-electron chi connectivity index (χ1n) is 7.03. The summed E-state index contributed by atoms with van der Waals surface area (Å²) in [6.07, 6.45) is 2.52. The predicted molar refractivity (Wildman–Crippen MR) is 74.6 cm³/mol. The number of rotatable bonds is 6. The van der Waals surface area contributed by atoms with E-state index < -0.39 is 5.91 Å². The Kier molecular flexibility index (Phi) is 6.62. The molecule has 0 spiro atoms. The van der Waals surface area contributed by atoms with Crippen molar-refractivity contribution in [2.24, 2.45) is 11.7 Å². The number of carbonyl (C=O) groups is 2. The van der Waals surface area contributed by atoms with E-state index in [0.717, 1.165) is 19.5 Å². The molecule has 1 aliphatic heterocycles. The molecule has 0 aromatic heterocycles. The van der Waals surface area contributed by atoms with Crippen LogP contribution >= 0.6 is 0 Å². The molecule has 0 bridgehead atoms. The first-order valence-corrected chi connectivity index (χ1v) is 7.03. The molecule has 1 saturated heterocycles. The fourth-order valence-electron chi connectivity index (χ4n) is 2.33. The molecule has 1 aliphatic rings. The van der Waals surface area contributed by atoms with Crippen molar-refractivity contribution >= 4 is 11.9 Å². The number of hydrogen-bond acceptors (Lipinski definition) is 3. The third kappa shape index (κ3) is 6.42. The fraction of sp³-hybridized carbons (Fsp3) is 0.846. The van der Waals surface area contributed by atoms with Gasteiger partial charge >= 0.3 is 6.03 Å². The number of primary amides is 1. The molecule has 0 aromatic carbocycles. The van der Waals surface area contributed by atoms with Gasteiger partial charge < -0.3 is 21.3 Å². The molecule has 1 atom stereocenters. The summed E-state index contributed by atoms with van der Waals surface area (Å²) < 4.78 is 0. The lowest BCUT2D eigenvalue weighted by Gasteiger charge is -2.35. The predicted octanol–water partition coefficient (Wildman–Crippen LogP) is 0.281. The summed E-state index contributed by atoms with van der Waals surface area (Å²) in [5.74, 6) is 0.109. The van der Waals surface area contributed by atoms with Crippen LogP contribution in [0.3, 0.4) is 0 Å². The first-order chi connectivity index (χ1) is 8.99. The number of nitrogens with one attached hydrogen (secondary N) is 2. The Labute approximate surface area is 115 Å². The molecule has 3 amide bonds. The zero-order valence-corrected chi connectivity index (χ0v) is 11.9. The summed E-state index contributed by atoms with van der Waals surface area (Å²) in [5, 5.41) is 5.48. The normalized spacial score (nSPS) is 20.3. The highest BCUT2D eigenvalue weighted by atomic mass is 16.2. The summed E-state index contributed by atoms with van der Waals surface area (Å²) in [7, 11) is 0. The number of hydrogen-bond donors (Lipinski definition) is 3. The van der Waals surface area contributed by atoms with Crippen molar-refractivity contribution < 1.29 is 9.59 Å². The monoisotopic (exact) mass is 270 g/mol. The zero-order valence-electron chi connectivity index (χ0n) is 11.9. The van der Waals surface area contributed by atoms with Gasteiger partial charge in [-0.1, -0.05) is 0 Å². The SMILES string of the molecule is CC(C)N1CCCC(CNC(=O)NCCC(N)=O)C1. The van der Waals surface area contributed by atoms with E-state index in [4.69, 9.17) is 5.73 Å². The van der Waals surface area contributed by atoms with E-state index >= 15 is 0 Å². The van der Waals surface area contributed by atoms with Gasteiger partial charge in [0.15, 0.2) is 0 Å². The quantitative estimate of drug-likeness (QED) is 0.648. The van der Waals surface area contributed by atoms with Crippen molar-refractivity contribution in [3.63, 3.8) is 0 Å². The fourth-order valence-corrected chi connectivity index (χ4v) is 2.33. The maximum Gasteiger partial charge on any atom is 0.314 e. The highest BCUT2D eigenvalue weighted by Crippen LogP contribution is 2.17. The van der Waals surface area contributed by atoms with Gasteiger partial charge in [0.1, 0.15) is 0 Å². The second-order valence-corrected chi connectivity index (χ2v) is 5.45. The highest BCUT2D eigenvalue weighted by Gasteiger charge is 2.21. The van der Waals surface area contributed by atoms with Crippen molar-refractivity contribution in [1.82, 2.24) is 15.5 Å². The Morgan fingerprint density at radius 1 is 1.37 bits per heavy atom. The molecule has 0 aromatic rings. The second-order valence-electron chi connectivity index (χ2n) is 5.45. The van der Waals surface area contributed by atoms with E-state index in [1.165, 1.54) is 6.42 Å². The molecule has 6 nitrogen and oxygen atoms in total. The number of nitrogens with zero attached hydrogens (tertiary/aromatic N) is 1. The molecule has 0 aliphatic carbocycles. The van der Waals surface area contributed by atoms with Crippen LogP contribution in [0.25, 0.3) is 0 Å². The van der Waals surface area contributed by atoms with Crippen LogP contribution in [-0.2, 0) is 4.79 Å². The van der Waals surface area contributed by atoms with Crippen molar-refractivity contribution in [1.29, 1.82) is 0 Å². The Morgan fingerprint density at radius 2 is 2.11 bits per heavy atom. The Morgan fingerprint density at radius 3 is 2.74 bits per heavy atom. The average molecular weight is 270 g/mol. The van der Waals surface area contributed by atoms with Gasteiger partial charge in [0.2, 0.25) is 5.91 Å². The zero-order chi connectivity index (χ0) is 14.3. The van der Waals surface area contributed by atoms with Gasteiger partial charge in [-0.25, -0.2) is 4.79 Å². The van der Waals surface area contributed by atoms with Crippen LogP contribution in [-0.4, -0.2) is 49.1 Å². The molecule has 1 rings (SSSR count). The van der Waals surface area contributed by atoms with Crippen LogP contribution in [0.15, 0.2) is 0 Å². The molecule has 0 radical (unpaired) electrons. The number of nitrogens with two attached hydrogens (primary N) is 1. The average Bonchev–Trinajstić information content (AvgIpc) is 2.36. The molecule has 1 heterocycles. The Bertz CT molecular complexity index is 307. The van der Waals surface area contributed by atoms with Crippen LogP contribution in [0.4, 0.5) is 4.79 Å². The summed E-state index contributed by atoms with van der Waals surface area (Å²) in [6.45, 7) is 7.58. The minimum Gasteiger partial charge on any atom is -0.370 e. The third-order valence-corrected chi connectivity index (χ3v) is 3.49. The van der Waals surface area contributed by atoms with E-state index in [0.29, 0.717) is 25.0 Å². The molecule has 110 valence electrons.